The van der Waals surface area contributed by atoms with Crippen LogP contribution in [-0.4, -0.2) is 57.2 Å². The van der Waals surface area contributed by atoms with Crippen molar-refractivity contribution in [2.24, 2.45) is 46.3 Å². The molecule has 0 aromatic rings. The first kappa shape index (κ1) is 24.9. The molecule has 0 radical (unpaired) electrons. The van der Waals surface area contributed by atoms with Crippen molar-refractivity contribution in [1.29, 1.82) is 0 Å². The van der Waals surface area contributed by atoms with Crippen LogP contribution >= 0.6 is 0 Å². The Morgan fingerprint density at radius 3 is 2.45 bits per heavy atom. The number of carbonyl (C=O) groups is 2. The summed E-state index contributed by atoms with van der Waals surface area (Å²) in [4.78, 5) is 22.7. The number of amides is 1. The van der Waals surface area contributed by atoms with Crippen LogP contribution < -0.4 is 5.32 Å². The zero-order valence-corrected chi connectivity index (χ0v) is 20.4. The minimum absolute atomic E-state index is 0.0668. The van der Waals surface area contributed by atoms with Gasteiger partial charge in [-0.25, -0.2) is 0 Å². The van der Waals surface area contributed by atoms with Gasteiger partial charge in [-0.1, -0.05) is 20.8 Å². The third-order valence-electron chi connectivity index (χ3n) is 10.8. The molecular weight excluding hydrogens is 422 g/mol. The van der Waals surface area contributed by atoms with Gasteiger partial charge in [0.15, 0.2) is 0 Å². The summed E-state index contributed by atoms with van der Waals surface area (Å²) < 4.78 is 0. The second kappa shape index (κ2) is 9.12. The van der Waals surface area contributed by atoms with Crippen LogP contribution in [0.15, 0.2) is 0 Å². The molecule has 0 heterocycles. The number of aliphatic hydroxyl groups excluding tert-OH is 3. The van der Waals surface area contributed by atoms with E-state index in [-0.39, 0.29) is 65.1 Å². The normalized spacial score (nSPS) is 47.7. The quantitative estimate of drug-likeness (QED) is 0.410. The summed E-state index contributed by atoms with van der Waals surface area (Å²) in [5, 5.41) is 44.4. The summed E-state index contributed by atoms with van der Waals surface area (Å²) in [6.07, 6.45) is 5.86. The van der Waals surface area contributed by atoms with Crippen LogP contribution in [0.1, 0.15) is 78.6 Å². The van der Waals surface area contributed by atoms with Gasteiger partial charge in [0.2, 0.25) is 5.91 Å². The second-order valence-corrected chi connectivity index (χ2v) is 12.2. The Labute approximate surface area is 197 Å². The lowest BCUT2D eigenvalue weighted by molar-refractivity contribution is -0.207. The lowest BCUT2D eigenvalue weighted by Crippen LogP contribution is -2.62. The van der Waals surface area contributed by atoms with E-state index in [2.05, 4.69) is 26.1 Å². The van der Waals surface area contributed by atoms with Crippen molar-refractivity contribution in [2.75, 3.05) is 6.54 Å². The summed E-state index contributed by atoms with van der Waals surface area (Å²) in [5.74, 6) is 0.265. The van der Waals surface area contributed by atoms with Gasteiger partial charge in [0.1, 0.15) is 6.54 Å². The van der Waals surface area contributed by atoms with E-state index in [1.165, 1.54) is 0 Å². The van der Waals surface area contributed by atoms with Crippen molar-refractivity contribution < 1.29 is 30.0 Å². The minimum Gasteiger partial charge on any atom is -0.480 e. The molecule has 7 heteroatoms. The first-order valence-electron chi connectivity index (χ1n) is 13.0. The average molecular weight is 466 g/mol. The molecule has 4 rings (SSSR count). The van der Waals surface area contributed by atoms with E-state index in [1.807, 2.05) is 0 Å². The first-order chi connectivity index (χ1) is 15.5. The van der Waals surface area contributed by atoms with Crippen LogP contribution in [0.5, 0.6) is 0 Å². The van der Waals surface area contributed by atoms with Gasteiger partial charge in [0.25, 0.3) is 0 Å². The highest BCUT2D eigenvalue weighted by atomic mass is 16.4. The van der Waals surface area contributed by atoms with Crippen LogP contribution in [0.3, 0.4) is 0 Å². The molecule has 0 aromatic carbocycles. The molecule has 4 aliphatic carbocycles. The third kappa shape index (κ3) is 4.23. The Bertz CT molecular complexity index is 759. The number of carboxylic acids is 1. The molecule has 0 aliphatic heterocycles. The van der Waals surface area contributed by atoms with E-state index in [0.29, 0.717) is 25.2 Å². The van der Waals surface area contributed by atoms with Gasteiger partial charge in [0.05, 0.1) is 18.3 Å². The van der Waals surface area contributed by atoms with Crippen LogP contribution in [0.2, 0.25) is 0 Å². The summed E-state index contributed by atoms with van der Waals surface area (Å²) in [6.45, 7) is 6.35. The number of aliphatic hydroxyl groups is 3. The van der Waals surface area contributed by atoms with Gasteiger partial charge in [-0.2, -0.15) is 0 Å². The van der Waals surface area contributed by atoms with Gasteiger partial charge in [-0.05, 0) is 97.7 Å². The van der Waals surface area contributed by atoms with Crippen molar-refractivity contribution >= 4 is 11.9 Å². The van der Waals surface area contributed by atoms with Crippen molar-refractivity contribution in [3.63, 3.8) is 0 Å². The van der Waals surface area contributed by atoms with Gasteiger partial charge in [-0.3, -0.25) is 9.59 Å². The number of carbonyl (C=O) groups excluding carboxylic acids is 1. The lowest BCUT2D eigenvalue weighted by Gasteiger charge is -2.63. The zero-order valence-electron chi connectivity index (χ0n) is 20.4. The highest BCUT2D eigenvalue weighted by Gasteiger charge is 2.65. The van der Waals surface area contributed by atoms with Crippen LogP contribution in [-0.2, 0) is 9.59 Å². The van der Waals surface area contributed by atoms with E-state index in [0.717, 1.165) is 38.5 Å². The minimum atomic E-state index is -1.04. The molecule has 0 unspecified atom stereocenters. The van der Waals surface area contributed by atoms with Crippen LogP contribution in [0.25, 0.3) is 0 Å². The van der Waals surface area contributed by atoms with Crippen molar-refractivity contribution in [1.82, 2.24) is 5.32 Å². The summed E-state index contributed by atoms with van der Waals surface area (Å²) in [5.41, 5.74) is -0.214. The molecular formula is C26H43NO6. The van der Waals surface area contributed by atoms with E-state index in [4.69, 9.17) is 5.11 Å². The number of hydrogen-bond donors (Lipinski definition) is 5. The Hall–Kier alpha value is -1.18. The van der Waals surface area contributed by atoms with Crippen molar-refractivity contribution in [3.8, 4) is 0 Å². The maximum atomic E-state index is 12.0. The molecule has 0 spiro atoms. The number of carboxylic acid groups (broad SMARTS) is 1. The van der Waals surface area contributed by atoms with Crippen molar-refractivity contribution in [2.45, 2.75) is 96.9 Å². The second-order valence-electron chi connectivity index (χ2n) is 12.2. The topological polar surface area (TPSA) is 127 Å². The smallest absolute Gasteiger partial charge is 0.322 e. The Balaban J connectivity index is 1.49. The van der Waals surface area contributed by atoms with Gasteiger partial charge >= 0.3 is 5.97 Å². The molecule has 7 nitrogen and oxygen atoms in total. The fourth-order valence-corrected chi connectivity index (χ4v) is 8.95. The molecule has 1 amide bonds. The highest BCUT2D eigenvalue weighted by Crippen LogP contribution is 2.68. The van der Waals surface area contributed by atoms with Gasteiger partial charge in [-0.15, -0.1) is 0 Å². The van der Waals surface area contributed by atoms with E-state index >= 15 is 0 Å². The number of nitrogens with one attached hydrogen (secondary N) is 1. The monoisotopic (exact) mass is 465 g/mol. The van der Waals surface area contributed by atoms with Gasteiger partial charge < -0.3 is 25.7 Å². The van der Waals surface area contributed by atoms with Crippen LogP contribution in [0.4, 0.5) is 0 Å². The molecule has 4 aliphatic rings. The SMILES string of the molecule is C[C@H](CCC(=O)NCC(=O)O)[C@@H]1CC[C@@H]2[C@H]3[C@H](O)C[C@H]4C[C@H](O)CC[C@]4(C)[C@H]3C[C@H](O)[C@@]21C. The lowest BCUT2D eigenvalue weighted by atomic mass is 9.43. The van der Waals surface area contributed by atoms with E-state index < -0.39 is 12.1 Å². The molecule has 0 aromatic heterocycles. The summed E-state index contributed by atoms with van der Waals surface area (Å²) >= 11 is 0. The van der Waals surface area contributed by atoms with E-state index in [1.54, 1.807) is 0 Å². The molecule has 0 bridgehead atoms. The fourth-order valence-electron chi connectivity index (χ4n) is 8.95. The molecule has 4 saturated carbocycles. The fraction of sp³-hybridized carbons (Fsp3) is 0.923. The standard InChI is InChI=1S/C26H43NO6/c1-14(4-7-22(31)27-13-23(32)33)17-5-6-18-24-19(12-21(30)26(17,18)3)25(2)9-8-16(28)10-15(25)11-20(24)29/h14-21,24,28-30H,4-13H2,1-3H3,(H,27,31)(H,32,33)/t14-,15-,16-,17+,18-,19+,20-,21+,24-,25+,26-/m1/s1. The average Bonchev–Trinajstić information content (AvgIpc) is 3.11. The Kier molecular flexibility index (Phi) is 6.89. The maximum Gasteiger partial charge on any atom is 0.322 e. The number of aliphatic carboxylic acids is 1. The zero-order chi connectivity index (χ0) is 24.1. The molecule has 11 atom stereocenters. The molecule has 5 N–H and O–H groups in total. The predicted molar refractivity (Wildman–Crippen MR) is 123 cm³/mol. The maximum absolute atomic E-state index is 12.0. The predicted octanol–water partition coefficient (Wildman–Crippen LogP) is 2.56. The number of rotatable bonds is 6. The Morgan fingerprint density at radius 2 is 1.76 bits per heavy atom. The largest absolute Gasteiger partial charge is 0.480 e. The molecule has 4 fully saturated rings. The third-order valence-corrected chi connectivity index (χ3v) is 10.8. The molecule has 0 saturated heterocycles. The molecule has 188 valence electrons. The van der Waals surface area contributed by atoms with Crippen molar-refractivity contribution in [3.05, 3.63) is 0 Å². The molecule has 33 heavy (non-hydrogen) atoms. The number of hydrogen-bond acceptors (Lipinski definition) is 5. The van der Waals surface area contributed by atoms with Crippen LogP contribution in [0, 0.1) is 46.3 Å². The first-order valence-corrected chi connectivity index (χ1v) is 13.0. The summed E-state index contributed by atoms with van der Waals surface area (Å²) in [6, 6.07) is 0. The highest BCUT2D eigenvalue weighted by molar-refractivity contribution is 5.81. The number of fused-ring (bicyclic) bond motifs is 5. The Morgan fingerprint density at radius 1 is 1.03 bits per heavy atom. The summed E-state index contributed by atoms with van der Waals surface area (Å²) in [7, 11) is 0. The van der Waals surface area contributed by atoms with E-state index in [9.17, 15) is 24.9 Å². The van der Waals surface area contributed by atoms with Gasteiger partial charge in [0, 0.05) is 6.42 Å².